The number of primary amides is 1. The number of nitrogens with two attached hydrogens (primary N) is 2. The largest absolute Gasteiger partial charge is 0.480 e. The zero-order valence-electron chi connectivity index (χ0n) is 17.2. The van der Waals surface area contributed by atoms with Crippen molar-refractivity contribution < 1.29 is 29.1 Å². The maximum absolute atomic E-state index is 13.1. The van der Waals surface area contributed by atoms with Crippen molar-refractivity contribution in [3.63, 3.8) is 0 Å². The van der Waals surface area contributed by atoms with Crippen LogP contribution < -0.4 is 22.1 Å². The van der Waals surface area contributed by atoms with E-state index in [1.165, 1.54) is 4.90 Å². The second-order valence-corrected chi connectivity index (χ2v) is 7.98. The number of carbonyl (C=O) groups is 5. The number of hydrogen-bond acceptors (Lipinski definition) is 7. The highest BCUT2D eigenvalue weighted by atomic mass is 32.1. The number of likely N-dealkylation sites (tertiary alicyclic amines) is 1. The fourth-order valence-electron chi connectivity index (χ4n) is 3.14. The summed E-state index contributed by atoms with van der Waals surface area (Å²) in [5.41, 5.74) is 10.8. The Labute approximate surface area is 180 Å². The van der Waals surface area contributed by atoms with E-state index in [4.69, 9.17) is 16.6 Å². The number of aliphatic carboxylic acids is 1. The number of hydrogen-bond donors (Lipinski definition) is 6. The average Bonchev–Trinajstić information content (AvgIpc) is 3.16. The number of carboxylic acids is 1. The Balaban J connectivity index is 2.86. The Bertz CT molecular complexity index is 673. The predicted molar refractivity (Wildman–Crippen MR) is 111 cm³/mol. The van der Waals surface area contributed by atoms with Gasteiger partial charge in [-0.05, 0) is 25.2 Å². The van der Waals surface area contributed by atoms with Gasteiger partial charge >= 0.3 is 5.97 Å². The molecule has 4 atom stereocenters. The molecule has 0 aromatic rings. The van der Waals surface area contributed by atoms with Crippen molar-refractivity contribution in [2.75, 3.05) is 12.3 Å². The van der Waals surface area contributed by atoms with E-state index >= 15 is 0 Å². The summed E-state index contributed by atoms with van der Waals surface area (Å²) in [7, 11) is 0. The Kier molecular flexibility index (Phi) is 10.1. The molecule has 0 saturated carbocycles. The van der Waals surface area contributed by atoms with Crippen LogP contribution in [0.3, 0.4) is 0 Å². The fraction of sp³-hybridized carbons (Fsp3) is 0.722. The van der Waals surface area contributed by atoms with Crippen LogP contribution in [0.15, 0.2) is 0 Å². The minimum absolute atomic E-state index is 0.0508. The van der Waals surface area contributed by atoms with Crippen molar-refractivity contribution >= 4 is 42.2 Å². The van der Waals surface area contributed by atoms with Crippen LogP contribution in [0.5, 0.6) is 0 Å². The van der Waals surface area contributed by atoms with Crippen LogP contribution in [-0.2, 0) is 24.0 Å². The van der Waals surface area contributed by atoms with Gasteiger partial charge in [-0.1, -0.05) is 13.8 Å². The number of rotatable bonds is 11. The first-order chi connectivity index (χ1) is 14.0. The lowest BCUT2D eigenvalue weighted by Crippen LogP contribution is -2.58. The van der Waals surface area contributed by atoms with Crippen LogP contribution in [0.1, 0.15) is 39.5 Å². The van der Waals surface area contributed by atoms with Crippen molar-refractivity contribution in [3.05, 3.63) is 0 Å². The molecule has 30 heavy (non-hydrogen) atoms. The molecule has 0 bridgehead atoms. The highest BCUT2D eigenvalue weighted by molar-refractivity contribution is 7.80. The lowest BCUT2D eigenvalue weighted by atomic mass is 10.0. The van der Waals surface area contributed by atoms with E-state index in [2.05, 4.69) is 23.3 Å². The SMILES string of the molecule is CC(C)C(NC(=O)C(N)CCC(N)=O)C(=O)N1CCCC1C(=O)NC(CS)C(=O)O. The maximum Gasteiger partial charge on any atom is 0.327 e. The van der Waals surface area contributed by atoms with Crippen LogP contribution in [0.2, 0.25) is 0 Å². The van der Waals surface area contributed by atoms with Crippen LogP contribution in [-0.4, -0.2) is 76.1 Å². The van der Waals surface area contributed by atoms with Crippen molar-refractivity contribution in [2.45, 2.75) is 63.7 Å². The zero-order chi connectivity index (χ0) is 23.0. The van der Waals surface area contributed by atoms with Gasteiger partial charge < -0.3 is 32.1 Å². The molecular weight excluding hydrogens is 414 g/mol. The van der Waals surface area contributed by atoms with Gasteiger partial charge in [-0.2, -0.15) is 12.6 Å². The summed E-state index contributed by atoms with van der Waals surface area (Å²) < 4.78 is 0. The van der Waals surface area contributed by atoms with Crippen LogP contribution in [0.25, 0.3) is 0 Å². The highest BCUT2D eigenvalue weighted by Crippen LogP contribution is 2.21. The number of carbonyl (C=O) groups excluding carboxylic acids is 4. The van der Waals surface area contributed by atoms with E-state index in [9.17, 15) is 24.0 Å². The molecular formula is C18H31N5O6S. The van der Waals surface area contributed by atoms with E-state index in [-0.39, 0.29) is 24.5 Å². The van der Waals surface area contributed by atoms with Gasteiger partial charge in [-0.15, -0.1) is 0 Å². The summed E-state index contributed by atoms with van der Waals surface area (Å²) in [6.45, 7) is 3.79. The monoisotopic (exact) mass is 445 g/mol. The molecule has 12 heteroatoms. The first-order valence-corrected chi connectivity index (χ1v) is 10.4. The van der Waals surface area contributed by atoms with Gasteiger partial charge in [0.2, 0.25) is 23.6 Å². The molecule has 170 valence electrons. The lowest BCUT2D eigenvalue weighted by Gasteiger charge is -2.31. The topological polar surface area (TPSA) is 185 Å². The molecule has 7 N–H and O–H groups in total. The Hall–Kier alpha value is -2.34. The van der Waals surface area contributed by atoms with Crippen LogP contribution in [0.4, 0.5) is 0 Å². The summed E-state index contributed by atoms with van der Waals surface area (Å²) in [4.78, 5) is 61.4. The van der Waals surface area contributed by atoms with Crippen LogP contribution >= 0.6 is 12.6 Å². The molecule has 1 fully saturated rings. The third kappa shape index (κ3) is 7.17. The minimum Gasteiger partial charge on any atom is -0.480 e. The molecule has 4 amide bonds. The molecule has 0 aromatic carbocycles. The zero-order valence-corrected chi connectivity index (χ0v) is 18.1. The van der Waals surface area contributed by atoms with Crippen LogP contribution in [0, 0.1) is 5.92 Å². The van der Waals surface area contributed by atoms with Gasteiger partial charge in [0.1, 0.15) is 18.1 Å². The number of nitrogens with one attached hydrogen (secondary N) is 2. The number of thiol groups is 1. The van der Waals surface area contributed by atoms with Crippen molar-refractivity contribution in [2.24, 2.45) is 17.4 Å². The second-order valence-electron chi connectivity index (χ2n) is 7.61. The van der Waals surface area contributed by atoms with Crippen molar-refractivity contribution in [1.82, 2.24) is 15.5 Å². The standard InChI is InChI=1S/C18H31N5O6S/c1-9(2)14(22-15(25)10(19)5-6-13(20)24)17(27)23-7-3-4-12(23)16(26)21-11(8-30)18(28)29/h9-12,14,30H,3-8,19H2,1-2H3,(H2,20,24)(H,21,26)(H,22,25)(H,28,29). The molecule has 1 aliphatic heterocycles. The quantitative estimate of drug-likeness (QED) is 0.203. The Morgan fingerprint density at radius 1 is 1.20 bits per heavy atom. The smallest absolute Gasteiger partial charge is 0.327 e. The Morgan fingerprint density at radius 2 is 1.83 bits per heavy atom. The average molecular weight is 446 g/mol. The molecule has 1 aliphatic rings. The molecule has 0 radical (unpaired) electrons. The summed E-state index contributed by atoms with van der Waals surface area (Å²) in [5.74, 6) is -3.80. The molecule has 0 spiro atoms. The molecule has 1 saturated heterocycles. The van der Waals surface area contributed by atoms with Gasteiger partial charge in [0, 0.05) is 18.7 Å². The maximum atomic E-state index is 13.1. The third-order valence-corrected chi connectivity index (χ3v) is 5.27. The minimum atomic E-state index is -1.22. The van der Waals surface area contributed by atoms with Gasteiger partial charge in [0.15, 0.2) is 0 Å². The number of carboxylic acid groups (broad SMARTS) is 1. The first-order valence-electron chi connectivity index (χ1n) is 9.78. The van der Waals surface area contributed by atoms with E-state index in [0.717, 1.165) is 0 Å². The van der Waals surface area contributed by atoms with Gasteiger partial charge in [0.05, 0.1) is 6.04 Å². The second kappa shape index (κ2) is 11.7. The number of amides is 4. The summed E-state index contributed by atoms with van der Waals surface area (Å²) in [6, 6.07) is -3.93. The fourth-order valence-corrected chi connectivity index (χ4v) is 3.39. The van der Waals surface area contributed by atoms with E-state index < -0.39 is 53.8 Å². The van der Waals surface area contributed by atoms with Crippen molar-refractivity contribution in [1.29, 1.82) is 0 Å². The third-order valence-electron chi connectivity index (χ3n) is 4.90. The molecule has 11 nitrogen and oxygen atoms in total. The lowest BCUT2D eigenvalue weighted by molar-refractivity contribution is -0.145. The molecule has 1 heterocycles. The van der Waals surface area contributed by atoms with E-state index in [0.29, 0.717) is 19.4 Å². The highest BCUT2D eigenvalue weighted by Gasteiger charge is 2.39. The van der Waals surface area contributed by atoms with E-state index in [1.807, 2.05) is 0 Å². The molecule has 0 aliphatic carbocycles. The number of nitrogens with zero attached hydrogens (tertiary/aromatic N) is 1. The van der Waals surface area contributed by atoms with Gasteiger partial charge in [-0.3, -0.25) is 19.2 Å². The Morgan fingerprint density at radius 3 is 2.33 bits per heavy atom. The summed E-state index contributed by atoms with van der Waals surface area (Å²) in [5, 5.41) is 14.1. The normalized spacial score (nSPS) is 19.1. The van der Waals surface area contributed by atoms with Gasteiger partial charge in [0.25, 0.3) is 0 Å². The molecule has 1 rings (SSSR count). The molecule has 4 unspecified atom stereocenters. The summed E-state index contributed by atoms with van der Waals surface area (Å²) >= 11 is 3.92. The summed E-state index contributed by atoms with van der Waals surface area (Å²) in [6.07, 6.45) is 0.945. The van der Waals surface area contributed by atoms with Gasteiger partial charge in [-0.25, -0.2) is 4.79 Å². The molecule has 0 aromatic heterocycles. The van der Waals surface area contributed by atoms with E-state index in [1.54, 1.807) is 13.8 Å². The van der Waals surface area contributed by atoms with Crippen molar-refractivity contribution in [3.8, 4) is 0 Å². The predicted octanol–water partition coefficient (Wildman–Crippen LogP) is -1.79. The first kappa shape index (κ1) is 25.7.